The van der Waals surface area contributed by atoms with Crippen LogP contribution in [-0.2, 0) is 11.5 Å². The molecule has 0 fully saturated rings. The van der Waals surface area contributed by atoms with Gasteiger partial charge in [0.15, 0.2) is 12.5 Å². The van der Waals surface area contributed by atoms with Crippen LogP contribution >= 0.6 is 0 Å². The molecule has 1 aromatic heterocycles. The van der Waals surface area contributed by atoms with Gasteiger partial charge in [0.25, 0.3) is 5.56 Å². The summed E-state index contributed by atoms with van der Waals surface area (Å²) >= 11 is 0. The monoisotopic (exact) mass is 356 g/mol. The van der Waals surface area contributed by atoms with Crippen molar-refractivity contribution in [3.63, 3.8) is 0 Å². The van der Waals surface area contributed by atoms with Crippen LogP contribution in [0.1, 0.15) is 10.4 Å². The number of benzene rings is 2. The second-order valence-corrected chi connectivity index (χ2v) is 5.12. The number of nitro benzene ring substituents is 1. The molecule has 2 aromatic carbocycles. The van der Waals surface area contributed by atoms with E-state index in [1.165, 1.54) is 19.2 Å². The summed E-state index contributed by atoms with van der Waals surface area (Å²) in [7, 11) is 1.17. The molecule has 10 nitrogen and oxygen atoms in total. The predicted molar refractivity (Wildman–Crippen MR) is 88.9 cm³/mol. The number of nitrogens with zero attached hydrogens (tertiary/aromatic N) is 4. The quantitative estimate of drug-likeness (QED) is 0.382. The number of esters is 1. The molecule has 0 saturated carbocycles. The van der Waals surface area contributed by atoms with Crippen LogP contribution in [0, 0.1) is 10.1 Å². The zero-order valence-corrected chi connectivity index (χ0v) is 13.5. The third-order valence-electron chi connectivity index (χ3n) is 3.55. The number of carbonyl (C=O) groups is 1. The van der Waals surface area contributed by atoms with Crippen molar-refractivity contribution in [3.8, 4) is 5.75 Å². The molecule has 0 bridgehead atoms. The minimum absolute atomic E-state index is 0.00853. The first-order valence-electron chi connectivity index (χ1n) is 7.33. The lowest BCUT2D eigenvalue weighted by molar-refractivity contribution is -0.386. The van der Waals surface area contributed by atoms with Crippen LogP contribution in [0.3, 0.4) is 0 Å². The molecule has 0 unspecified atom stereocenters. The van der Waals surface area contributed by atoms with Crippen LogP contribution in [0.2, 0.25) is 0 Å². The maximum absolute atomic E-state index is 12.3. The van der Waals surface area contributed by atoms with E-state index in [1.54, 1.807) is 24.3 Å². The van der Waals surface area contributed by atoms with Crippen LogP contribution in [0.25, 0.3) is 10.9 Å². The van der Waals surface area contributed by atoms with E-state index in [-0.39, 0.29) is 18.0 Å². The van der Waals surface area contributed by atoms with Gasteiger partial charge in [0.1, 0.15) is 5.52 Å². The number of ether oxygens (including phenoxy) is 2. The number of carbonyl (C=O) groups excluding carboxylic acids is 1. The summed E-state index contributed by atoms with van der Waals surface area (Å²) in [6.07, 6.45) is 0. The topological polar surface area (TPSA) is 126 Å². The van der Waals surface area contributed by atoms with E-state index >= 15 is 0 Å². The van der Waals surface area contributed by atoms with E-state index in [2.05, 4.69) is 15.0 Å². The molecule has 0 aliphatic heterocycles. The van der Waals surface area contributed by atoms with Crippen molar-refractivity contribution in [2.24, 2.45) is 0 Å². The highest BCUT2D eigenvalue weighted by molar-refractivity contribution is 5.90. The van der Waals surface area contributed by atoms with Crippen LogP contribution in [0.4, 0.5) is 5.69 Å². The Morgan fingerprint density at radius 1 is 1.27 bits per heavy atom. The first kappa shape index (κ1) is 17.0. The van der Waals surface area contributed by atoms with Crippen molar-refractivity contribution < 1.29 is 19.2 Å². The summed E-state index contributed by atoms with van der Waals surface area (Å²) in [5, 5.41) is 19.2. The molecule has 3 rings (SSSR count). The number of hydrogen-bond acceptors (Lipinski definition) is 8. The molecule has 1 heterocycles. The molecule has 0 saturated heterocycles. The van der Waals surface area contributed by atoms with Gasteiger partial charge in [0.05, 0.1) is 23.0 Å². The first-order valence-corrected chi connectivity index (χ1v) is 7.33. The lowest BCUT2D eigenvalue weighted by atomic mass is 10.2. The number of aromatic nitrogens is 3. The van der Waals surface area contributed by atoms with Crippen molar-refractivity contribution in [2.75, 3.05) is 7.11 Å². The third-order valence-corrected chi connectivity index (χ3v) is 3.55. The van der Waals surface area contributed by atoms with Gasteiger partial charge in [-0.3, -0.25) is 14.9 Å². The minimum atomic E-state index is -0.712. The molecule has 26 heavy (non-hydrogen) atoms. The van der Waals surface area contributed by atoms with E-state index in [4.69, 9.17) is 4.74 Å². The fourth-order valence-corrected chi connectivity index (χ4v) is 2.27. The van der Waals surface area contributed by atoms with Crippen LogP contribution < -0.4 is 10.3 Å². The van der Waals surface area contributed by atoms with Gasteiger partial charge in [0, 0.05) is 6.07 Å². The van der Waals surface area contributed by atoms with Crippen molar-refractivity contribution >= 4 is 22.6 Å². The molecule has 0 atom stereocenters. The highest BCUT2D eigenvalue weighted by Gasteiger charge is 2.19. The van der Waals surface area contributed by atoms with Crippen LogP contribution in [0.5, 0.6) is 5.75 Å². The molecule has 0 aliphatic carbocycles. The molecule has 0 amide bonds. The van der Waals surface area contributed by atoms with Gasteiger partial charge in [-0.2, -0.15) is 4.68 Å². The number of rotatable bonds is 5. The summed E-state index contributed by atoms with van der Waals surface area (Å²) in [6.45, 7) is -0.380. The summed E-state index contributed by atoms with van der Waals surface area (Å²) in [6, 6.07) is 10.3. The summed E-state index contributed by atoms with van der Waals surface area (Å²) < 4.78 is 10.8. The Morgan fingerprint density at radius 2 is 2.04 bits per heavy atom. The number of methoxy groups -OCH3 is 1. The Morgan fingerprint density at radius 3 is 2.77 bits per heavy atom. The maximum Gasteiger partial charge on any atom is 0.338 e. The normalized spacial score (nSPS) is 10.5. The van der Waals surface area contributed by atoms with E-state index in [1.807, 2.05) is 0 Å². The highest BCUT2D eigenvalue weighted by Crippen LogP contribution is 2.28. The van der Waals surface area contributed by atoms with Crippen molar-refractivity contribution in [2.45, 2.75) is 6.73 Å². The van der Waals surface area contributed by atoms with Crippen molar-refractivity contribution in [1.29, 1.82) is 0 Å². The van der Waals surface area contributed by atoms with Crippen molar-refractivity contribution in [3.05, 3.63) is 68.5 Å². The SMILES string of the molecule is COC(=O)c1ccc(OCn2nnc3ccccc3c2=O)c([N+](=O)[O-])c1. The summed E-state index contributed by atoms with van der Waals surface area (Å²) in [4.78, 5) is 34.4. The van der Waals surface area contributed by atoms with E-state index in [9.17, 15) is 19.7 Å². The van der Waals surface area contributed by atoms with Gasteiger partial charge >= 0.3 is 11.7 Å². The summed E-state index contributed by atoms with van der Waals surface area (Å²) in [5.74, 6) is -0.833. The van der Waals surface area contributed by atoms with Gasteiger partial charge in [0.2, 0.25) is 0 Å². The predicted octanol–water partition coefficient (Wildman–Crippen LogP) is 1.52. The Bertz CT molecular complexity index is 1060. The highest BCUT2D eigenvalue weighted by atomic mass is 16.6. The molecule has 0 radical (unpaired) electrons. The van der Waals surface area contributed by atoms with Gasteiger partial charge < -0.3 is 9.47 Å². The first-order chi connectivity index (χ1) is 12.5. The molecule has 132 valence electrons. The third kappa shape index (κ3) is 3.20. The smallest absolute Gasteiger partial charge is 0.338 e. The van der Waals surface area contributed by atoms with E-state index < -0.39 is 22.1 Å². The Kier molecular flexibility index (Phi) is 4.56. The molecule has 0 spiro atoms. The Labute approximate surface area is 145 Å². The maximum atomic E-state index is 12.3. The lowest BCUT2D eigenvalue weighted by Crippen LogP contribution is -2.26. The average molecular weight is 356 g/mol. The van der Waals surface area contributed by atoms with Crippen LogP contribution in [0.15, 0.2) is 47.3 Å². The van der Waals surface area contributed by atoms with Gasteiger partial charge in [-0.1, -0.05) is 17.3 Å². The zero-order chi connectivity index (χ0) is 18.7. The van der Waals surface area contributed by atoms with Crippen LogP contribution in [-0.4, -0.2) is 33.0 Å². The van der Waals surface area contributed by atoms with Crippen molar-refractivity contribution in [1.82, 2.24) is 15.0 Å². The minimum Gasteiger partial charge on any atom is -0.465 e. The fraction of sp³-hybridized carbons (Fsp3) is 0.125. The van der Waals surface area contributed by atoms with Gasteiger partial charge in [-0.25, -0.2) is 4.79 Å². The van der Waals surface area contributed by atoms with Gasteiger partial charge in [-0.15, -0.1) is 5.10 Å². The molecule has 0 N–H and O–H groups in total. The molecule has 10 heteroatoms. The average Bonchev–Trinajstić information content (AvgIpc) is 2.67. The molecule has 3 aromatic rings. The summed E-state index contributed by atoms with van der Waals surface area (Å²) in [5.41, 5.74) is -0.435. The Balaban J connectivity index is 1.90. The second-order valence-electron chi connectivity index (χ2n) is 5.12. The fourth-order valence-electron chi connectivity index (χ4n) is 2.27. The molecular weight excluding hydrogens is 344 g/mol. The lowest BCUT2D eigenvalue weighted by Gasteiger charge is -2.09. The molecule has 0 aliphatic rings. The van der Waals surface area contributed by atoms with E-state index in [0.717, 1.165) is 10.7 Å². The number of nitro groups is 1. The largest absolute Gasteiger partial charge is 0.465 e. The van der Waals surface area contributed by atoms with E-state index in [0.29, 0.717) is 10.9 Å². The van der Waals surface area contributed by atoms with Gasteiger partial charge in [-0.05, 0) is 24.3 Å². The standard InChI is InChI=1S/C16H12N4O6/c1-25-16(22)10-6-7-14(13(8-10)20(23)24)26-9-19-15(21)11-4-2-3-5-12(11)17-18-19/h2-8H,9H2,1H3. The molecular formula is C16H12N4O6. The Hall–Kier alpha value is -3.82. The second kappa shape index (κ2) is 6.97. The number of fused-ring (bicyclic) bond motifs is 1. The number of hydrogen-bond donors (Lipinski definition) is 0. The zero-order valence-electron chi connectivity index (χ0n) is 13.5.